The summed E-state index contributed by atoms with van der Waals surface area (Å²) in [6, 6.07) is 16.1. The van der Waals surface area contributed by atoms with Crippen molar-refractivity contribution in [3.63, 3.8) is 0 Å². The monoisotopic (exact) mass is 527 g/mol. The first-order valence-electron chi connectivity index (χ1n) is 12.5. The van der Waals surface area contributed by atoms with Gasteiger partial charge in [-0.25, -0.2) is 9.37 Å². The SMILES string of the molecule is CNC(=O)c1nc2c(Oc3ccc(CC(=O)C4(C(=O)Cc5ccc(F)cc5)CC4)cc3)ccnc2cc1OC. The molecule has 4 aromatic rings. The number of rotatable bonds is 10. The minimum Gasteiger partial charge on any atom is -0.494 e. The van der Waals surface area contributed by atoms with Crippen molar-refractivity contribution >= 4 is 28.5 Å². The molecule has 0 unspecified atom stereocenters. The van der Waals surface area contributed by atoms with E-state index in [2.05, 4.69) is 15.3 Å². The zero-order valence-electron chi connectivity index (χ0n) is 21.5. The second-order valence-electron chi connectivity index (χ2n) is 9.45. The smallest absolute Gasteiger partial charge is 0.273 e. The van der Waals surface area contributed by atoms with E-state index >= 15 is 0 Å². The van der Waals surface area contributed by atoms with Gasteiger partial charge in [-0.2, -0.15) is 0 Å². The van der Waals surface area contributed by atoms with Crippen molar-refractivity contribution in [3.8, 4) is 17.2 Å². The summed E-state index contributed by atoms with van der Waals surface area (Å²) < 4.78 is 24.5. The Hall–Kier alpha value is -4.66. The number of ketones is 2. The molecule has 8 nitrogen and oxygen atoms in total. The summed E-state index contributed by atoms with van der Waals surface area (Å²) >= 11 is 0. The Morgan fingerprint density at radius 1 is 0.923 bits per heavy atom. The lowest BCUT2D eigenvalue weighted by molar-refractivity contribution is -0.133. The van der Waals surface area contributed by atoms with Gasteiger partial charge in [0.1, 0.15) is 17.1 Å². The first kappa shape index (κ1) is 26.0. The molecule has 0 aliphatic heterocycles. The van der Waals surface area contributed by atoms with Crippen molar-refractivity contribution in [2.24, 2.45) is 5.41 Å². The largest absolute Gasteiger partial charge is 0.494 e. The van der Waals surface area contributed by atoms with Gasteiger partial charge in [0.15, 0.2) is 28.8 Å². The number of amides is 1. The summed E-state index contributed by atoms with van der Waals surface area (Å²) in [6.07, 6.45) is 2.89. The Labute approximate surface area is 224 Å². The highest BCUT2D eigenvalue weighted by molar-refractivity contribution is 6.11. The minimum atomic E-state index is -0.950. The third-order valence-corrected chi connectivity index (χ3v) is 6.91. The molecule has 0 saturated heterocycles. The second-order valence-corrected chi connectivity index (χ2v) is 9.45. The first-order valence-corrected chi connectivity index (χ1v) is 12.5. The summed E-state index contributed by atoms with van der Waals surface area (Å²) in [5.41, 5.74) is 1.51. The van der Waals surface area contributed by atoms with E-state index in [4.69, 9.17) is 9.47 Å². The fraction of sp³-hybridized carbons (Fsp3) is 0.233. The summed E-state index contributed by atoms with van der Waals surface area (Å²) in [5.74, 6) is 0.212. The van der Waals surface area contributed by atoms with Crippen molar-refractivity contribution in [2.75, 3.05) is 14.2 Å². The van der Waals surface area contributed by atoms with E-state index in [1.165, 1.54) is 26.3 Å². The van der Waals surface area contributed by atoms with E-state index in [1.54, 1.807) is 54.7 Å². The number of methoxy groups -OCH3 is 1. The van der Waals surface area contributed by atoms with Gasteiger partial charge in [-0.3, -0.25) is 19.4 Å². The second kappa shape index (κ2) is 10.6. The number of nitrogens with one attached hydrogen (secondary N) is 1. The van der Waals surface area contributed by atoms with Crippen molar-refractivity contribution in [1.82, 2.24) is 15.3 Å². The van der Waals surface area contributed by atoms with Gasteiger partial charge < -0.3 is 14.8 Å². The summed E-state index contributed by atoms with van der Waals surface area (Å²) in [4.78, 5) is 47.0. The van der Waals surface area contributed by atoms with Crippen molar-refractivity contribution < 1.29 is 28.2 Å². The number of Topliss-reactive ketones (excluding diaryl/α,β-unsaturated/α-hetero) is 2. The molecular formula is C30H26FN3O5. The lowest BCUT2D eigenvalue weighted by Gasteiger charge is -2.14. The zero-order valence-corrected chi connectivity index (χ0v) is 21.5. The molecular weight excluding hydrogens is 501 g/mol. The van der Waals surface area contributed by atoms with Crippen LogP contribution in [0.4, 0.5) is 4.39 Å². The standard InChI is InChI=1S/C30H26FN3O5/c1-32-29(37)28-24(38-2)17-22-27(34-28)23(11-14-33-22)39-21-9-5-19(6-10-21)16-26(36)30(12-13-30)25(35)15-18-3-7-20(31)8-4-18/h3-11,14,17H,12-13,15-16H2,1-2H3,(H,32,37). The van der Waals surface area contributed by atoms with Gasteiger partial charge in [-0.15, -0.1) is 0 Å². The average Bonchev–Trinajstić information content (AvgIpc) is 3.77. The van der Waals surface area contributed by atoms with E-state index in [1.807, 2.05) is 0 Å². The molecule has 0 bridgehead atoms. The molecule has 198 valence electrons. The van der Waals surface area contributed by atoms with Crippen LogP contribution in [-0.2, 0) is 22.4 Å². The summed E-state index contributed by atoms with van der Waals surface area (Å²) in [7, 11) is 2.96. The maximum atomic E-state index is 13.2. The highest BCUT2D eigenvalue weighted by Gasteiger charge is 2.54. The van der Waals surface area contributed by atoms with E-state index in [0.717, 1.165) is 5.56 Å². The van der Waals surface area contributed by atoms with E-state index < -0.39 is 11.3 Å². The zero-order chi connectivity index (χ0) is 27.6. The number of pyridine rings is 2. The summed E-state index contributed by atoms with van der Waals surface area (Å²) in [6.45, 7) is 0. The fourth-order valence-electron chi connectivity index (χ4n) is 4.50. The molecule has 39 heavy (non-hydrogen) atoms. The Balaban J connectivity index is 1.29. The van der Waals surface area contributed by atoms with Crippen LogP contribution in [0.2, 0.25) is 0 Å². The lowest BCUT2D eigenvalue weighted by atomic mass is 9.88. The average molecular weight is 528 g/mol. The van der Waals surface area contributed by atoms with Crippen molar-refractivity contribution in [3.05, 3.63) is 89.5 Å². The van der Waals surface area contributed by atoms with Gasteiger partial charge in [0.25, 0.3) is 5.91 Å². The third-order valence-electron chi connectivity index (χ3n) is 6.91. The molecule has 1 aliphatic rings. The molecule has 0 atom stereocenters. The van der Waals surface area contributed by atoms with Crippen molar-refractivity contribution in [2.45, 2.75) is 25.7 Å². The van der Waals surface area contributed by atoms with Crippen LogP contribution >= 0.6 is 0 Å². The van der Waals surface area contributed by atoms with Crippen LogP contribution in [0.3, 0.4) is 0 Å². The molecule has 9 heteroatoms. The van der Waals surface area contributed by atoms with Crippen LogP contribution in [0.15, 0.2) is 66.9 Å². The number of halogens is 1. The molecule has 1 aliphatic carbocycles. The normalized spacial score (nSPS) is 13.5. The van der Waals surface area contributed by atoms with Gasteiger partial charge >= 0.3 is 0 Å². The highest BCUT2D eigenvalue weighted by atomic mass is 19.1. The number of hydrogen-bond acceptors (Lipinski definition) is 7. The Morgan fingerprint density at radius 3 is 2.10 bits per heavy atom. The van der Waals surface area contributed by atoms with Crippen molar-refractivity contribution in [1.29, 1.82) is 0 Å². The number of benzene rings is 2. The van der Waals surface area contributed by atoms with E-state index in [-0.39, 0.29) is 35.9 Å². The topological polar surface area (TPSA) is 107 Å². The maximum Gasteiger partial charge on any atom is 0.273 e. The van der Waals surface area contributed by atoms with Crippen LogP contribution in [-0.4, -0.2) is 41.6 Å². The van der Waals surface area contributed by atoms with Gasteiger partial charge in [0.2, 0.25) is 0 Å². The quantitative estimate of drug-likeness (QED) is 0.300. The summed E-state index contributed by atoms with van der Waals surface area (Å²) in [5, 5.41) is 2.54. The number of fused-ring (bicyclic) bond motifs is 1. The molecule has 1 fully saturated rings. The molecule has 0 radical (unpaired) electrons. The highest BCUT2D eigenvalue weighted by Crippen LogP contribution is 2.48. The number of ether oxygens (including phenoxy) is 2. The Kier molecular flexibility index (Phi) is 7.06. The predicted octanol–water partition coefficient (Wildman–Crippen LogP) is 4.63. The minimum absolute atomic E-state index is 0.108. The van der Waals surface area contributed by atoms with Crippen LogP contribution in [0, 0.1) is 11.2 Å². The number of hydrogen-bond donors (Lipinski definition) is 1. The number of aromatic nitrogens is 2. The predicted molar refractivity (Wildman–Crippen MR) is 141 cm³/mol. The molecule has 1 N–H and O–H groups in total. The van der Waals surface area contributed by atoms with Crippen LogP contribution in [0.25, 0.3) is 11.0 Å². The maximum absolute atomic E-state index is 13.2. The van der Waals surface area contributed by atoms with E-state index in [9.17, 15) is 18.8 Å². The number of nitrogens with zero attached hydrogens (tertiary/aromatic N) is 2. The molecule has 2 aromatic heterocycles. The number of carbonyl (C=O) groups excluding carboxylic acids is 3. The van der Waals surface area contributed by atoms with E-state index in [0.29, 0.717) is 46.7 Å². The van der Waals surface area contributed by atoms with Crippen LogP contribution < -0.4 is 14.8 Å². The van der Waals surface area contributed by atoms with Crippen LogP contribution in [0.1, 0.15) is 34.5 Å². The fourth-order valence-corrected chi connectivity index (χ4v) is 4.50. The van der Waals surface area contributed by atoms with Gasteiger partial charge in [-0.1, -0.05) is 24.3 Å². The molecule has 1 saturated carbocycles. The molecule has 2 heterocycles. The molecule has 2 aromatic carbocycles. The van der Waals surface area contributed by atoms with Gasteiger partial charge in [0, 0.05) is 38.2 Å². The van der Waals surface area contributed by atoms with Gasteiger partial charge in [0.05, 0.1) is 18.0 Å². The molecule has 5 rings (SSSR count). The number of carbonyl (C=O) groups is 3. The Morgan fingerprint density at radius 2 is 1.54 bits per heavy atom. The van der Waals surface area contributed by atoms with Gasteiger partial charge in [-0.05, 0) is 48.2 Å². The third kappa shape index (κ3) is 5.34. The molecule has 1 amide bonds. The molecule has 0 spiro atoms. The Bertz CT molecular complexity index is 1560. The lowest BCUT2D eigenvalue weighted by Crippen LogP contribution is -2.28. The first-order chi connectivity index (χ1) is 18.8. The van der Waals surface area contributed by atoms with Crippen LogP contribution in [0.5, 0.6) is 17.2 Å².